The lowest BCUT2D eigenvalue weighted by atomic mass is 10.1. The van der Waals surface area contributed by atoms with Gasteiger partial charge in [0.05, 0.1) is 19.4 Å². The van der Waals surface area contributed by atoms with Gasteiger partial charge in [0.2, 0.25) is 5.91 Å². The third-order valence-corrected chi connectivity index (χ3v) is 6.43. The average molecular weight is 464 g/mol. The summed E-state index contributed by atoms with van der Waals surface area (Å²) < 4.78 is 11.7. The van der Waals surface area contributed by atoms with Crippen LogP contribution in [0.2, 0.25) is 0 Å². The molecule has 3 aromatic rings. The molecule has 9 heteroatoms. The molecule has 34 heavy (non-hydrogen) atoms. The predicted octanol–water partition coefficient (Wildman–Crippen LogP) is 2.41. The molecule has 2 aliphatic heterocycles. The van der Waals surface area contributed by atoms with Gasteiger partial charge in [-0.15, -0.1) is 0 Å². The summed E-state index contributed by atoms with van der Waals surface area (Å²) in [6.07, 6.45) is 2.14. The minimum atomic E-state index is -0.301. The van der Waals surface area contributed by atoms with Gasteiger partial charge in [0.1, 0.15) is 23.1 Å². The molecule has 1 fully saturated rings. The Bertz CT molecular complexity index is 1160. The monoisotopic (exact) mass is 463 g/mol. The Balaban J connectivity index is 1.28. The quantitative estimate of drug-likeness (QED) is 0.558. The van der Waals surface area contributed by atoms with Gasteiger partial charge >= 0.3 is 0 Å². The van der Waals surface area contributed by atoms with Crippen molar-refractivity contribution in [2.75, 3.05) is 53.4 Å². The number of nitrogens with zero attached hydrogens (tertiary/aromatic N) is 5. The predicted molar refractivity (Wildman–Crippen MR) is 127 cm³/mol. The largest absolute Gasteiger partial charge is 0.467 e. The fraction of sp³-hybridized carbons (Fsp3) is 0.400. The molecule has 5 rings (SSSR count). The van der Waals surface area contributed by atoms with Gasteiger partial charge in [-0.05, 0) is 24.3 Å². The fourth-order valence-electron chi connectivity index (χ4n) is 4.42. The highest BCUT2D eigenvalue weighted by Gasteiger charge is 2.36. The number of benzene rings is 1. The van der Waals surface area contributed by atoms with E-state index in [1.165, 1.54) is 0 Å². The number of hydrogen-bond acceptors (Lipinski definition) is 7. The van der Waals surface area contributed by atoms with E-state index in [1.807, 2.05) is 42.5 Å². The van der Waals surface area contributed by atoms with Crippen molar-refractivity contribution in [3.05, 3.63) is 60.2 Å². The van der Waals surface area contributed by atoms with Gasteiger partial charge < -0.3 is 13.7 Å². The van der Waals surface area contributed by atoms with Crippen molar-refractivity contribution in [3.63, 3.8) is 0 Å². The maximum atomic E-state index is 13.3. The van der Waals surface area contributed by atoms with Gasteiger partial charge in [0.15, 0.2) is 5.76 Å². The summed E-state index contributed by atoms with van der Waals surface area (Å²) in [6, 6.07) is 13.2. The smallest absolute Gasteiger partial charge is 0.257 e. The van der Waals surface area contributed by atoms with Crippen LogP contribution in [0.5, 0.6) is 0 Å². The molecule has 9 nitrogen and oxygen atoms in total. The zero-order valence-corrected chi connectivity index (χ0v) is 19.5. The number of carbonyl (C=O) groups is 2. The number of hydrogen-bond donors (Lipinski definition) is 0. The number of amides is 2. The first-order valence-electron chi connectivity index (χ1n) is 11.5. The van der Waals surface area contributed by atoms with Crippen LogP contribution >= 0.6 is 0 Å². The average Bonchev–Trinajstić information content (AvgIpc) is 3.58. The Kier molecular flexibility index (Phi) is 6.21. The first-order valence-corrected chi connectivity index (χ1v) is 11.5. The summed E-state index contributed by atoms with van der Waals surface area (Å²) in [4.78, 5) is 31.2. The van der Waals surface area contributed by atoms with Crippen LogP contribution in [0.1, 0.15) is 24.0 Å². The topological polar surface area (TPSA) is 85.7 Å². The standard InChI is InChI=1S/C25H29N5O4/c1-27(2)24(31)16-28-9-11-29(12-10-28)17-25(32)30-20(22-8-5-13-33-22)15-19(26-30)23-14-18-6-3-4-7-21(18)34-23/h3-8,13-14,20H,9-12,15-17H2,1-2H3. The van der Waals surface area contributed by atoms with E-state index in [0.717, 1.165) is 42.9 Å². The van der Waals surface area contributed by atoms with E-state index in [2.05, 4.69) is 14.9 Å². The second kappa shape index (κ2) is 9.44. The highest BCUT2D eigenvalue weighted by Crippen LogP contribution is 2.34. The zero-order valence-electron chi connectivity index (χ0n) is 19.5. The number of para-hydroxylation sites is 1. The van der Waals surface area contributed by atoms with Crippen LogP contribution in [0.25, 0.3) is 11.0 Å². The molecule has 0 radical (unpaired) electrons. The highest BCUT2D eigenvalue weighted by atomic mass is 16.3. The molecular formula is C25H29N5O4. The summed E-state index contributed by atoms with van der Waals surface area (Å²) in [5.41, 5.74) is 1.53. The molecule has 1 atom stereocenters. The van der Waals surface area contributed by atoms with Gasteiger partial charge in [-0.3, -0.25) is 19.4 Å². The van der Waals surface area contributed by atoms with E-state index in [-0.39, 0.29) is 24.4 Å². The SMILES string of the molecule is CN(C)C(=O)CN1CCN(CC(=O)N2N=C(c3cc4ccccc4o3)CC2c2ccco2)CC1. The molecule has 1 saturated heterocycles. The molecule has 0 spiro atoms. The van der Waals surface area contributed by atoms with Crippen LogP contribution in [0.15, 0.2) is 62.7 Å². The van der Waals surface area contributed by atoms with E-state index in [9.17, 15) is 9.59 Å². The summed E-state index contributed by atoms with van der Waals surface area (Å²) >= 11 is 0. The van der Waals surface area contributed by atoms with Crippen molar-refractivity contribution in [1.29, 1.82) is 0 Å². The molecule has 2 aromatic heterocycles. The van der Waals surface area contributed by atoms with Crippen LogP contribution in [-0.2, 0) is 9.59 Å². The number of carbonyl (C=O) groups excluding carboxylic acids is 2. The molecule has 2 aliphatic rings. The van der Waals surface area contributed by atoms with Crippen molar-refractivity contribution in [2.24, 2.45) is 5.10 Å². The van der Waals surface area contributed by atoms with Gasteiger partial charge in [-0.1, -0.05) is 18.2 Å². The van der Waals surface area contributed by atoms with Crippen molar-refractivity contribution >= 4 is 28.5 Å². The number of furan rings is 2. The molecule has 4 heterocycles. The normalized spacial score (nSPS) is 19.5. The summed E-state index contributed by atoms with van der Waals surface area (Å²) in [5, 5.41) is 7.24. The van der Waals surface area contributed by atoms with Crippen molar-refractivity contribution in [1.82, 2.24) is 19.7 Å². The second-order valence-corrected chi connectivity index (χ2v) is 9.01. The van der Waals surface area contributed by atoms with E-state index in [4.69, 9.17) is 8.83 Å². The number of piperazine rings is 1. The van der Waals surface area contributed by atoms with E-state index in [1.54, 1.807) is 30.3 Å². The molecule has 0 N–H and O–H groups in total. The zero-order chi connectivity index (χ0) is 23.7. The Morgan fingerprint density at radius 2 is 1.76 bits per heavy atom. The van der Waals surface area contributed by atoms with Crippen molar-refractivity contribution in [2.45, 2.75) is 12.5 Å². The first-order chi connectivity index (χ1) is 16.5. The van der Waals surface area contributed by atoms with Gasteiger partial charge in [-0.25, -0.2) is 5.01 Å². The summed E-state index contributed by atoms with van der Waals surface area (Å²) in [5.74, 6) is 1.39. The molecule has 1 unspecified atom stereocenters. The Morgan fingerprint density at radius 1 is 1.03 bits per heavy atom. The lowest BCUT2D eigenvalue weighted by molar-refractivity contribution is -0.136. The number of rotatable bonds is 6. The lowest BCUT2D eigenvalue weighted by Gasteiger charge is -2.35. The Labute approximate surface area is 198 Å². The van der Waals surface area contributed by atoms with Crippen LogP contribution in [0, 0.1) is 0 Å². The molecule has 2 amide bonds. The maximum absolute atomic E-state index is 13.3. The molecule has 178 valence electrons. The van der Waals surface area contributed by atoms with E-state index in [0.29, 0.717) is 24.5 Å². The Morgan fingerprint density at radius 3 is 2.44 bits per heavy atom. The lowest BCUT2D eigenvalue weighted by Crippen LogP contribution is -2.51. The minimum absolute atomic E-state index is 0.0784. The highest BCUT2D eigenvalue weighted by molar-refractivity contribution is 6.03. The third-order valence-electron chi connectivity index (χ3n) is 6.43. The molecule has 1 aromatic carbocycles. The minimum Gasteiger partial charge on any atom is -0.467 e. The number of fused-ring (bicyclic) bond motifs is 1. The Hall–Kier alpha value is -3.43. The van der Waals surface area contributed by atoms with Crippen molar-refractivity contribution < 1.29 is 18.4 Å². The third kappa shape index (κ3) is 4.62. The van der Waals surface area contributed by atoms with E-state index >= 15 is 0 Å². The fourth-order valence-corrected chi connectivity index (χ4v) is 4.42. The molecule has 0 bridgehead atoms. The summed E-state index contributed by atoms with van der Waals surface area (Å²) in [7, 11) is 3.53. The van der Waals surface area contributed by atoms with Crippen molar-refractivity contribution in [3.8, 4) is 0 Å². The first kappa shape index (κ1) is 22.4. The van der Waals surface area contributed by atoms with E-state index < -0.39 is 0 Å². The van der Waals surface area contributed by atoms with Crippen LogP contribution in [0.3, 0.4) is 0 Å². The van der Waals surface area contributed by atoms with Crippen LogP contribution in [-0.4, -0.2) is 90.6 Å². The van der Waals surface area contributed by atoms with Crippen LogP contribution < -0.4 is 0 Å². The second-order valence-electron chi connectivity index (χ2n) is 9.01. The van der Waals surface area contributed by atoms with Gasteiger partial charge in [0.25, 0.3) is 5.91 Å². The van der Waals surface area contributed by atoms with Gasteiger partial charge in [0, 0.05) is 52.1 Å². The molecule has 0 aliphatic carbocycles. The molecule has 0 saturated carbocycles. The molecular weight excluding hydrogens is 434 g/mol. The number of likely N-dealkylation sites (N-methyl/N-ethyl adjacent to an activating group) is 1. The van der Waals surface area contributed by atoms with Gasteiger partial charge in [-0.2, -0.15) is 5.10 Å². The number of hydrazone groups is 1. The maximum Gasteiger partial charge on any atom is 0.257 e. The van der Waals surface area contributed by atoms with Crippen LogP contribution in [0.4, 0.5) is 0 Å². The summed E-state index contributed by atoms with van der Waals surface area (Å²) in [6.45, 7) is 3.64.